The zero-order valence-electron chi connectivity index (χ0n) is 15.0. The summed E-state index contributed by atoms with van der Waals surface area (Å²) < 4.78 is 40.7. The first-order valence-electron chi connectivity index (χ1n) is 8.58. The van der Waals surface area contributed by atoms with E-state index in [0.29, 0.717) is 23.5 Å². The summed E-state index contributed by atoms with van der Waals surface area (Å²) in [6, 6.07) is 6.58. The van der Waals surface area contributed by atoms with Crippen molar-refractivity contribution >= 4 is 22.8 Å². The zero-order valence-corrected chi connectivity index (χ0v) is 15.8. The van der Waals surface area contributed by atoms with Gasteiger partial charge < -0.3 is 15.1 Å². The number of phenols is 1. The highest BCUT2D eigenvalue weighted by Gasteiger charge is 2.58. The Hall–Kier alpha value is -2.39. The van der Waals surface area contributed by atoms with Gasteiger partial charge in [-0.1, -0.05) is 18.2 Å². The molecule has 0 bridgehead atoms. The quantitative estimate of drug-likeness (QED) is 0.805. The lowest BCUT2D eigenvalue weighted by atomic mass is 9.96. The van der Waals surface area contributed by atoms with Crippen LogP contribution in [-0.4, -0.2) is 45.3 Å². The van der Waals surface area contributed by atoms with Gasteiger partial charge in [0.05, 0.1) is 6.42 Å². The monoisotopic (exact) mass is 412 g/mol. The van der Waals surface area contributed by atoms with E-state index in [0.717, 1.165) is 11.1 Å². The number of aromatic nitrogens is 1. The SMILES string of the molecule is Cc1csc([C@](O)(CC(=O)N2CC=C(c3ccc(O)cc3)CC2)C(F)(F)F)n1. The molecular formula is C19H19F3N2O3S. The second-order valence-corrected chi connectivity index (χ2v) is 7.55. The molecule has 0 radical (unpaired) electrons. The topological polar surface area (TPSA) is 73.7 Å². The maximum atomic E-state index is 13.6. The van der Waals surface area contributed by atoms with Gasteiger partial charge in [0.1, 0.15) is 10.8 Å². The zero-order chi connectivity index (χ0) is 20.5. The Balaban J connectivity index is 1.74. The third-order valence-electron chi connectivity index (χ3n) is 4.65. The summed E-state index contributed by atoms with van der Waals surface area (Å²) in [7, 11) is 0. The first-order valence-corrected chi connectivity index (χ1v) is 9.46. The van der Waals surface area contributed by atoms with Crippen LogP contribution in [0.2, 0.25) is 0 Å². The maximum absolute atomic E-state index is 13.6. The molecule has 1 aromatic carbocycles. The summed E-state index contributed by atoms with van der Waals surface area (Å²) in [6.45, 7) is 1.93. The molecule has 0 spiro atoms. The molecule has 3 rings (SSSR count). The summed E-state index contributed by atoms with van der Waals surface area (Å²) in [5, 5.41) is 20.6. The average Bonchev–Trinajstić information content (AvgIpc) is 3.08. The van der Waals surface area contributed by atoms with Crippen LogP contribution in [0.3, 0.4) is 0 Å². The van der Waals surface area contributed by atoms with Crippen molar-refractivity contribution in [2.75, 3.05) is 13.1 Å². The van der Waals surface area contributed by atoms with Crippen molar-refractivity contribution in [3.8, 4) is 5.75 Å². The van der Waals surface area contributed by atoms with Gasteiger partial charge in [-0.3, -0.25) is 4.79 Å². The number of thiazole rings is 1. The predicted molar refractivity (Wildman–Crippen MR) is 98.7 cm³/mol. The molecule has 1 aliphatic heterocycles. The molecule has 0 saturated carbocycles. The van der Waals surface area contributed by atoms with Gasteiger partial charge in [0.15, 0.2) is 0 Å². The Labute approximate surface area is 163 Å². The Morgan fingerprint density at radius 2 is 1.96 bits per heavy atom. The van der Waals surface area contributed by atoms with Crippen LogP contribution in [0, 0.1) is 6.92 Å². The number of amides is 1. The van der Waals surface area contributed by atoms with Crippen LogP contribution in [0.5, 0.6) is 5.75 Å². The Morgan fingerprint density at radius 1 is 1.29 bits per heavy atom. The number of benzene rings is 1. The van der Waals surface area contributed by atoms with E-state index in [1.54, 1.807) is 30.3 Å². The number of carbonyl (C=O) groups excluding carboxylic acids is 1. The first-order chi connectivity index (χ1) is 13.1. The second kappa shape index (κ2) is 7.56. The van der Waals surface area contributed by atoms with E-state index in [9.17, 15) is 28.2 Å². The fourth-order valence-electron chi connectivity index (χ4n) is 3.01. The van der Waals surface area contributed by atoms with Crippen molar-refractivity contribution in [1.82, 2.24) is 9.88 Å². The fourth-order valence-corrected chi connectivity index (χ4v) is 3.92. The standard InChI is InChI=1S/C19H19F3N2O3S/c1-12-11-28-17(23-12)18(27,19(20,21)22)10-16(26)24-8-6-14(7-9-24)13-2-4-15(25)5-3-13/h2-6,11,25,27H,7-10H2,1H3/t18-/m1/s1. The van der Waals surface area contributed by atoms with Crippen LogP contribution >= 0.6 is 11.3 Å². The van der Waals surface area contributed by atoms with Crippen LogP contribution < -0.4 is 0 Å². The highest BCUT2D eigenvalue weighted by molar-refractivity contribution is 7.09. The average molecular weight is 412 g/mol. The van der Waals surface area contributed by atoms with Crippen LogP contribution in [0.25, 0.3) is 5.57 Å². The number of alkyl halides is 3. The predicted octanol–water partition coefficient (Wildman–Crippen LogP) is 3.61. The molecule has 1 aromatic heterocycles. The summed E-state index contributed by atoms with van der Waals surface area (Å²) in [6.07, 6.45) is -3.88. The summed E-state index contributed by atoms with van der Waals surface area (Å²) in [5.74, 6) is -0.644. The Bertz CT molecular complexity index is 893. The Morgan fingerprint density at radius 3 is 2.46 bits per heavy atom. The van der Waals surface area contributed by atoms with Gasteiger partial charge in [0.25, 0.3) is 0 Å². The van der Waals surface area contributed by atoms with Gasteiger partial charge in [-0.15, -0.1) is 11.3 Å². The lowest BCUT2D eigenvalue weighted by molar-refractivity contribution is -0.268. The van der Waals surface area contributed by atoms with Crippen LogP contribution in [-0.2, 0) is 10.4 Å². The molecule has 150 valence electrons. The molecule has 0 fully saturated rings. The maximum Gasteiger partial charge on any atom is 0.424 e. The van der Waals surface area contributed by atoms with Gasteiger partial charge in [-0.25, -0.2) is 4.98 Å². The van der Waals surface area contributed by atoms with E-state index in [4.69, 9.17) is 0 Å². The number of rotatable bonds is 4. The molecule has 1 aliphatic rings. The second-order valence-electron chi connectivity index (χ2n) is 6.69. The molecule has 2 N–H and O–H groups in total. The lowest BCUT2D eigenvalue weighted by Gasteiger charge is -2.32. The molecular weight excluding hydrogens is 393 g/mol. The van der Waals surface area contributed by atoms with Crippen molar-refractivity contribution in [2.45, 2.75) is 31.5 Å². The molecule has 1 amide bonds. The third kappa shape index (κ3) is 4.05. The van der Waals surface area contributed by atoms with E-state index >= 15 is 0 Å². The number of hydrogen-bond donors (Lipinski definition) is 2. The number of carbonyl (C=O) groups is 1. The highest BCUT2D eigenvalue weighted by atomic mass is 32.1. The smallest absolute Gasteiger partial charge is 0.424 e. The number of halogens is 3. The van der Waals surface area contributed by atoms with E-state index in [1.807, 2.05) is 0 Å². The van der Waals surface area contributed by atoms with Gasteiger partial charge in [-0.2, -0.15) is 13.2 Å². The van der Waals surface area contributed by atoms with E-state index in [-0.39, 0.29) is 18.8 Å². The summed E-state index contributed by atoms with van der Waals surface area (Å²) >= 11 is 0.687. The third-order valence-corrected chi connectivity index (χ3v) is 5.76. The van der Waals surface area contributed by atoms with Crippen molar-refractivity contribution in [1.29, 1.82) is 0 Å². The molecule has 1 atom stereocenters. The number of nitrogens with zero attached hydrogens (tertiary/aromatic N) is 2. The van der Waals surface area contributed by atoms with E-state index in [2.05, 4.69) is 4.98 Å². The van der Waals surface area contributed by atoms with Gasteiger partial charge in [0.2, 0.25) is 11.5 Å². The molecule has 5 nitrogen and oxygen atoms in total. The molecule has 0 aliphatic carbocycles. The number of phenolic OH excluding ortho intramolecular Hbond substituents is 1. The summed E-state index contributed by atoms with van der Waals surface area (Å²) in [4.78, 5) is 17.6. The summed E-state index contributed by atoms with van der Waals surface area (Å²) in [5.41, 5.74) is -1.11. The molecule has 0 unspecified atom stereocenters. The largest absolute Gasteiger partial charge is 0.508 e. The molecule has 9 heteroatoms. The minimum Gasteiger partial charge on any atom is -0.508 e. The number of hydrogen-bond acceptors (Lipinski definition) is 5. The van der Waals surface area contributed by atoms with Crippen molar-refractivity contribution < 1.29 is 28.2 Å². The molecule has 28 heavy (non-hydrogen) atoms. The first kappa shape index (κ1) is 20.3. The van der Waals surface area contributed by atoms with Crippen LogP contribution in [0.1, 0.15) is 29.1 Å². The van der Waals surface area contributed by atoms with E-state index in [1.165, 1.54) is 17.2 Å². The van der Waals surface area contributed by atoms with Gasteiger partial charge in [-0.05, 0) is 36.6 Å². The van der Waals surface area contributed by atoms with Gasteiger partial charge >= 0.3 is 6.18 Å². The van der Waals surface area contributed by atoms with Crippen molar-refractivity contribution in [2.24, 2.45) is 0 Å². The van der Waals surface area contributed by atoms with Crippen molar-refractivity contribution in [3.63, 3.8) is 0 Å². The fraction of sp³-hybridized carbons (Fsp3) is 0.368. The van der Waals surface area contributed by atoms with Crippen LogP contribution in [0.15, 0.2) is 35.7 Å². The minimum absolute atomic E-state index is 0.140. The number of aliphatic hydroxyl groups is 1. The number of aryl methyl sites for hydroxylation is 1. The number of aromatic hydroxyl groups is 1. The molecule has 0 saturated heterocycles. The highest BCUT2D eigenvalue weighted by Crippen LogP contribution is 2.43. The van der Waals surface area contributed by atoms with Gasteiger partial charge in [0, 0.05) is 24.2 Å². The molecule has 2 heterocycles. The van der Waals surface area contributed by atoms with Crippen LogP contribution in [0.4, 0.5) is 13.2 Å². The normalized spacial score (nSPS) is 17.2. The van der Waals surface area contributed by atoms with E-state index < -0.39 is 29.1 Å². The lowest BCUT2D eigenvalue weighted by Crippen LogP contribution is -2.47. The Kier molecular flexibility index (Phi) is 5.49. The molecule has 2 aromatic rings. The minimum atomic E-state index is -5.02. The van der Waals surface area contributed by atoms with Crippen molar-refractivity contribution in [3.05, 3.63) is 52.0 Å².